The lowest BCUT2D eigenvalue weighted by Gasteiger charge is -2.15. The Hall–Kier alpha value is -1.04. The summed E-state index contributed by atoms with van der Waals surface area (Å²) < 4.78 is 29.1. The van der Waals surface area contributed by atoms with E-state index in [0.717, 1.165) is 12.1 Å². The Balaban J connectivity index is 2.49. The van der Waals surface area contributed by atoms with Gasteiger partial charge in [0.05, 0.1) is 5.71 Å². The number of oxime groups is 1. The summed E-state index contributed by atoms with van der Waals surface area (Å²) in [5.41, 5.74) is 0.808. The molecule has 6 heteroatoms. The van der Waals surface area contributed by atoms with Gasteiger partial charge in [0.25, 0.3) is 0 Å². The molecule has 0 aromatic heterocycles. The predicted molar refractivity (Wildman–Crippen MR) is 56.9 cm³/mol. The summed E-state index contributed by atoms with van der Waals surface area (Å²) in [6, 6.07) is 0. The van der Waals surface area contributed by atoms with E-state index in [1.54, 1.807) is 0 Å². The maximum absolute atomic E-state index is 12.4. The predicted octanol–water partition coefficient (Wildman–Crippen LogP) is 2.45. The number of aliphatic imine (C=N–C) groups is 1. The summed E-state index contributed by atoms with van der Waals surface area (Å²) in [7, 11) is 0. The SMILES string of the molecule is CC(C)CC1=NC(COC(C)(F)F)=NOC1. The maximum Gasteiger partial charge on any atom is 0.353 e. The molecule has 0 spiro atoms. The number of amidine groups is 1. The minimum Gasteiger partial charge on any atom is -0.388 e. The van der Waals surface area contributed by atoms with Crippen molar-refractivity contribution in [1.29, 1.82) is 0 Å². The average molecular weight is 234 g/mol. The van der Waals surface area contributed by atoms with Gasteiger partial charge in [0.2, 0.25) is 0 Å². The summed E-state index contributed by atoms with van der Waals surface area (Å²) in [5.74, 6) is 0.596. The maximum atomic E-state index is 12.4. The second kappa shape index (κ2) is 5.34. The lowest BCUT2D eigenvalue weighted by molar-refractivity contribution is -0.214. The van der Waals surface area contributed by atoms with Gasteiger partial charge < -0.3 is 9.57 Å². The van der Waals surface area contributed by atoms with Crippen LogP contribution in [0.3, 0.4) is 0 Å². The zero-order valence-corrected chi connectivity index (χ0v) is 9.67. The minimum atomic E-state index is -3.17. The molecular weight excluding hydrogens is 218 g/mol. The molecule has 0 fully saturated rings. The molecule has 0 amide bonds. The van der Waals surface area contributed by atoms with Gasteiger partial charge in [-0.25, -0.2) is 4.99 Å². The van der Waals surface area contributed by atoms with Gasteiger partial charge in [-0.3, -0.25) is 0 Å². The number of nitrogens with zero attached hydrogens (tertiary/aromatic N) is 2. The van der Waals surface area contributed by atoms with Crippen LogP contribution in [0.4, 0.5) is 8.78 Å². The summed E-state index contributed by atoms with van der Waals surface area (Å²) in [6.07, 6.45) is -2.41. The van der Waals surface area contributed by atoms with E-state index in [1.165, 1.54) is 0 Å². The van der Waals surface area contributed by atoms with E-state index in [4.69, 9.17) is 4.84 Å². The van der Waals surface area contributed by atoms with Crippen molar-refractivity contribution in [2.75, 3.05) is 13.2 Å². The van der Waals surface area contributed by atoms with Crippen molar-refractivity contribution in [3.05, 3.63) is 0 Å². The molecule has 0 aliphatic carbocycles. The van der Waals surface area contributed by atoms with E-state index in [0.29, 0.717) is 19.4 Å². The largest absolute Gasteiger partial charge is 0.388 e. The van der Waals surface area contributed by atoms with Crippen molar-refractivity contribution < 1.29 is 18.4 Å². The first-order valence-corrected chi connectivity index (χ1v) is 5.14. The Labute approximate surface area is 93.3 Å². The third kappa shape index (κ3) is 5.16. The number of ether oxygens (including phenoxy) is 1. The topological polar surface area (TPSA) is 43.2 Å². The Kier molecular flexibility index (Phi) is 4.35. The Bertz CT molecular complexity index is 296. The Morgan fingerprint density at radius 1 is 1.50 bits per heavy atom. The van der Waals surface area contributed by atoms with Gasteiger partial charge in [-0.2, -0.15) is 8.78 Å². The highest BCUT2D eigenvalue weighted by Crippen LogP contribution is 2.14. The van der Waals surface area contributed by atoms with Gasteiger partial charge >= 0.3 is 6.11 Å². The first kappa shape index (κ1) is 13.0. The van der Waals surface area contributed by atoms with Crippen LogP contribution in [-0.4, -0.2) is 30.9 Å². The van der Waals surface area contributed by atoms with Gasteiger partial charge in [-0.1, -0.05) is 19.0 Å². The lowest BCUT2D eigenvalue weighted by atomic mass is 10.1. The summed E-state index contributed by atoms with van der Waals surface area (Å²) in [4.78, 5) is 9.00. The third-order valence-electron chi connectivity index (χ3n) is 1.79. The first-order chi connectivity index (χ1) is 7.37. The van der Waals surface area contributed by atoms with E-state index in [-0.39, 0.29) is 12.4 Å². The molecule has 4 nitrogen and oxygen atoms in total. The zero-order valence-electron chi connectivity index (χ0n) is 9.67. The van der Waals surface area contributed by atoms with Crippen LogP contribution in [0.25, 0.3) is 0 Å². The molecule has 16 heavy (non-hydrogen) atoms. The summed E-state index contributed by atoms with van der Waals surface area (Å²) in [5, 5.41) is 3.56. The fraction of sp³-hybridized carbons (Fsp3) is 0.800. The van der Waals surface area contributed by atoms with Crippen molar-refractivity contribution in [2.24, 2.45) is 16.1 Å². The summed E-state index contributed by atoms with van der Waals surface area (Å²) >= 11 is 0. The highest BCUT2D eigenvalue weighted by atomic mass is 19.3. The normalized spacial score (nSPS) is 16.9. The summed E-state index contributed by atoms with van der Waals surface area (Å²) in [6.45, 7) is 4.75. The molecule has 0 radical (unpaired) electrons. The minimum absolute atomic E-state index is 0.156. The van der Waals surface area contributed by atoms with E-state index >= 15 is 0 Å². The van der Waals surface area contributed by atoms with E-state index < -0.39 is 6.11 Å². The van der Waals surface area contributed by atoms with Gasteiger partial charge in [0.15, 0.2) is 12.4 Å². The van der Waals surface area contributed by atoms with Crippen LogP contribution >= 0.6 is 0 Å². The molecule has 1 aliphatic heterocycles. The van der Waals surface area contributed by atoms with Crippen LogP contribution in [0.2, 0.25) is 0 Å². The van der Waals surface area contributed by atoms with Crippen LogP contribution in [0.5, 0.6) is 0 Å². The second-order valence-electron chi connectivity index (χ2n) is 4.15. The van der Waals surface area contributed by atoms with E-state index in [2.05, 4.69) is 14.9 Å². The molecule has 0 aromatic carbocycles. The Morgan fingerprint density at radius 2 is 2.19 bits per heavy atom. The fourth-order valence-electron chi connectivity index (χ4n) is 1.24. The van der Waals surface area contributed by atoms with Crippen LogP contribution in [0.1, 0.15) is 27.2 Å². The number of hydrogen-bond donors (Lipinski definition) is 0. The molecule has 0 aromatic rings. The monoisotopic (exact) mass is 234 g/mol. The standard InChI is InChI=1S/C10H16F2N2O2/c1-7(2)4-8-5-16-14-9(13-8)6-15-10(3,11)12/h7H,4-6H2,1-3H3. The van der Waals surface area contributed by atoms with Crippen LogP contribution < -0.4 is 0 Å². The van der Waals surface area contributed by atoms with Crippen LogP contribution in [0, 0.1) is 5.92 Å². The zero-order chi connectivity index (χ0) is 12.2. The molecule has 0 saturated heterocycles. The van der Waals surface area contributed by atoms with Crippen molar-refractivity contribution in [1.82, 2.24) is 0 Å². The molecule has 0 N–H and O–H groups in total. The van der Waals surface area contributed by atoms with Gasteiger partial charge in [-0.15, -0.1) is 0 Å². The highest BCUT2D eigenvalue weighted by Gasteiger charge is 2.23. The number of halogens is 2. The molecular formula is C10H16F2N2O2. The van der Waals surface area contributed by atoms with E-state index in [9.17, 15) is 8.78 Å². The molecule has 1 aliphatic rings. The lowest BCUT2D eigenvalue weighted by Crippen LogP contribution is -2.24. The fourth-order valence-corrected chi connectivity index (χ4v) is 1.24. The molecule has 0 atom stereocenters. The second-order valence-corrected chi connectivity index (χ2v) is 4.15. The van der Waals surface area contributed by atoms with Crippen molar-refractivity contribution in [2.45, 2.75) is 33.3 Å². The molecule has 1 heterocycles. The number of rotatable bonds is 5. The first-order valence-electron chi connectivity index (χ1n) is 5.14. The molecule has 0 unspecified atom stereocenters. The van der Waals surface area contributed by atoms with Crippen LogP contribution in [-0.2, 0) is 9.57 Å². The van der Waals surface area contributed by atoms with Gasteiger partial charge in [0.1, 0.15) is 6.61 Å². The Morgan fingerprint density at radius 3 is 2.75 bits per heavy atom. The number of alkyl halides is 2. The quantitative estimate of drug-likeness (QED) is 0.733. The van der Waals surface area contributed by atoms with Crippen molar-refractivity contribution >= 4 is 11.5 Å². The van der Waals surface area contributed by atoms with Gasteiger partial charge in [0, 0.05) is 6.92 Å². The average Bonchev–Trinajstić information content (AvgIpc) is 2.13. The highest BCUT2D eigenvalue weighted by molar-refractivity contribution is 6.00. The van der Waals surface area contributed by atoms with Crippen molar-refractivity contribution in [3.8, 4) is 0 Å². The third-order valence-corrected chi connectivity index (χ3v) is 1.79. The smallest absolute Gasteiger partial charge is 0.353 e. The molecule has 0 saturated carbocycles. The molecule has 92 valence electrons. The van der Waals surface area contributed by atoms with Crippen LogP contribution in [0.15, 0.2) is 10.1 Å². The number of hydrogen-bond acceptors (Lipinski definition) is 4. The van der Waals surface area contributed by atoms with E-state index in [1.807, 2.05) is 13.8 Å². The molecule has 0 bridgehead atoms. The van der Waals surface area contributed by atoms with Crippen molar-refractivity contribution in [3.63, 3.8) is 0 Å². The van der Waals surface area contributed by atoms with Gasteiger partial charge in [-0.05, 0) is 12.3 Å². The molecule has 1 rings (SSSR count).